The van der Waals surface area contributed by atoms with Gasteiger partial charge < -0.3 is 15.3 Å². The van der Waals surface area contributed by atoms with E-state index in [1.165, 1.54) is 5.69 Å². The highest BCUT2D eigenvalue weighted by Crippen LogP contribution is 2.27. The van der Waals surface area contributed by atoms with Gasteiger partial charge in [-0.05, 0) is 47.8 Å². The molecule has 1 aliphatic rings. The van der Waals surface area contributed by atoms with Crippen molar-refractivity contribution in [3.8, 4) is 0 Å². The fourth-order valence-electron chi connectivity index (χ4n) is 2.50. The van der Waals surface area contributed by atoms with Crippen LogP contribution in [0.3, 0.4) is 0 Å². The predicted octanol–water partition coefficient (Wildman–Crippen LogP) is 2.39. The first-order valence-corrected chi connectivity index (χ1v) is 7.36. The van der Waals surface area contributed by atoms with Crippen LogP contribution >= 0.6 is 15.9 Å². The highest BCUT2D eigenvalue weighted by molar-refractivity contribution is 9.10. The van der Waals surface area contributed by atoms with Gasteiger partial charge in [-0.3, -0.25) is 0 Å². The number of aliphatic hydroxyl groups excluding tert-OH is 1. The topological polar surface area (TPSA) is 35.5 Å². The minimum Gasteiger partial charge on any atom is -0.396 e. The fraction of sp³-hybridized carbons (Fsp3) is 0.571. The summed E-state index contributed by atoms with van der Waals surface area (Å²) in [5.74, 6) is 0. The first-order chi connectivity index (χ1) is 8.70. The predicted molar refractivity (Wildman–Crippen MR) is 79.1 cm³/mol. The Morgan fingerprint density at radius 3 is 2.94 bits per heavy atom. The van der Waals surface area contributed by atoms with Crippen LogP contribution in [0.15, 0.2) is 28.7 Å². The van der Waals surface area contributed by atoms with Gasteiger partial charge in [0, 0.05) is 36.3 Å². The lowest BCUT2D eigenvalue weighted by Crippen LogP contribution is -2.40. The zero-order valence-corrected chi connectivity index (χ0v) is 12.4. The number of aliphatic hydroxyl groups is 1. The van der Waals surface area contributed by atoms with Gasteiger partial charge >= 0.3 is 0 Å². The molecule has 100 valence electrons. The summed E-state index contributed by atoms with van der Waals surface area (Å²) >= 11 is 3.62. The average Bonchev–Trinajstić information content (AvgIpc) is 2.52. The van der Waals surface area contributed by atoms with Crippen molar-refractivity contribution in [1.82, 2.24) is 5.32 Å². The molecule has 0 amide bonds. The second-order valence-corrected chi connectivity index (χ2v) is 5.82. The molecule has 0 aliphatic carbocycles. The smallest absolute Gasteiger partial charge is 0.0511 e. The lowest BCUT2D eigenvalue weighted by molar-refractivity contribution is 0.263. The van der Waals surface area contributed by atoms with E-state index in [9.17, 15) is 0 Å². The van der Waals surface area contributed by atoms with E-state index in [0.29, 0.717) is 12.1 Å². The molecule has 1 aromatic carbocycles. The van der Waals surface area contributed by atoms with Crippen LogP contribution in [0.1, 0.15) is 19.8 Å². The van der Waals surface area contributed by atoms with E-state index in [2.05, 4.69) is 51.3 Å². The van der Waals surface area contributed by atoms with Gasteiger partial charge in [-0.25, -0.2) is 0 Å². The van der Waals surface area contributed by atoms with E-state index in [1.54, 1.807) is 0 Å². The van der Waals surface area contributed by atoms with Crippen molar-refractivity contribution in [2.45, 2.75) is 31.8 Å². The maximum absolute atomic E-state index is 9.14. The van der Waals surface area contributed by atoms with Gasteiger partial charge in [0.25, 0.3) is 0 Å². The minimum atomic E-state index is 0.244. The Bertz CT molecular complexity index is 386. The number of para-hydroxylation sites is 1. The lowest BCUT2D eigenvalue weighted by Gasteiger charge is -2.27. The van der Waals surface area contributed by atoms with Crippen LogP contribution in [0.25, 0.3) is 0 Å². The molecule has 1 heterocycles. The first-order valence-electron chi connectivity index (χ1n) is 6.57. The Morgan fingerprint density at radius 1 is 1.44 bits per heavy atom. The van der Waals surface area contributed by atoms with Gasteiger partial charge in [-0.1, -0.05) is 12.1 Å². The van der Waals surface area contributed by atoms with E-state index < -0.39 is 0 Å². The van der Waals surface area contributed by atoms with Gasteiger partial charge in [0.05, 0.1) is 5.69 Å². The summed E-state index contributed by atoms with van der Waals surface area (Å²) in [6, 6.07) is 9.21. The van der Waals surface area contributed by atoms with Gasteiger partial charge in [0.1, 0.15) is 0 Å². The summed E-state index contributed by atoms with van der Waals surface area (Å²) in [4.78, 5) is 2.40. The van der Waals surface area contributed by atoms with Crippen LogP contribution < -0.4 is 10.2 Å². The molecule has 2 unspecified atom stereocenters. The van der Waals surface area contributed by atoms with Crippen molar-refractivity contribution in [2.75, 3.05) is 24.6 Å². The normalized spacial score (nSPS) is 24.9. The monoisotopic (exact) mass is 312 g/mol. The Labute approximate surface area is 117 Å². The molecule has 0 radical (unpaired) electrons. The summed E-state index contributed by atoms with van der Waals surface area (Å²) in [6.45, 7) is 4.47. The van der Waals surface area contributed by atoms with Crippen LogP contribution in [0.2, 0.25) is 0 Å². The van der Waals surface area contributed by atoms with Gasteiger partial charge in [-0.2, -0.15) is 0 Å². The number of anilines is 1. The molecule has 1 fully saturated rings. The molecule has 18 heavy (non-hydrogen) atoms. The van der Waals surface area contributed by atoms with E-state index >= 15 is 0 Å². The molecule has 0 spiro atoms. The third kappa shape index (κ3) is 3.46. The average molecular weight is 313 g/mol. The number of benzene rings is 1. The molecule has 3 nitrogen and oxygen atoms in total. The van der Waals surface area contributed by atoms with Crippen molar-refractivity contribution < 1.29 is 5.11 Å². The van der Waals surface area contributed by atoms with E-state index in [0.717, 1.165) is 30.4 Å². The fourth-order valence-corrected chi connectivity index (χ4v) is 3.04. The molecule has 1 saturated heterocycles. The number of rotatable bonds is 3. The van der Waals surface area contributed by atoms with Crippen LogP contribution in [0.4, 0.5) is 5.69 Å². The summed E-state index contributed by atoms with van der Waals surface area (Å²) in [7, 11) is 0. The number of nitrogens with one attached hydrogen (secondary N) is 1. The number of hydrogen-bond acceptors (Lipinski definition) is 3. The van der Waals surface area contributed by atoms with Crippen LogP contribution in [0.5, 0.6) is 0 Å². The molecule has 2 rings (SSSR count). The summed E-state index contributed by atoms with van der Waals surface area (Å²) in [5, 5.41) is 12.7. The highest BCUT2D eigenvalue weighted by Gasteiger charge is 2.22. The number of hydrogen-bond donors (Lipinski definition) is 2. The summed E-state index contributed by atoms with van der Waals surface area (Å²) < 4.78 is 1.14. The molecule has 0 aromatic heterocycles. The molecule has 1 aliphatic heterocycles. The number of nitrogens with zero attached hydrogens (tertiary/aromatic N) is 1. The molecule has 1 aromatic rings. The Kier molecular flexibility index (Phi) is 5.03. The second kappa shape index (κ2) is 6.55. The third-order valence-electron chi connectivity index (χ3n) is 3.46. The Morgan fingerprint density at radius 2 is 2.22 bits per heavy atom. The van der Waals surface area contributed by atoms with Gasteiger partial charge in [-0.15, -0.1) is 0 Å². The van der Waals surface area contributed by atoms with Crippen LogP contribution in [-0.2, 0) is 0 Å². The summed E-state index contributed by atoms with van der Waals surface area (Å²) in [5.41, 5.74) is 1.25. The largest absolute Gasteiger partial charge is 0.396 e. The molecular weight excluding hydrogens is 292 g/mol. The second-order valence-electron chi connectivity index (χ2n) is 4.96. The highest BCUT2D eigenvalue weighted by atomic mass is 79.9. The van der Waals surface area contributed by atoms with Crippen molar-refractivity contribution in [1.29, 1.82) is 0 Å². The van der Waals surface area contributed by atoms with E-state index in [1.807, 2.05) is 6.07 Å². The first kappa shape index (κ1) is 13.8. The third-order valence-corrected chi connectivity index (χ3v) is 4.13. The standard InChI is InChI=1S/C14H21BrN2O/c1-11-6-8-17(10-12(16-11)7-9-18)14-5-3-2-4-13(14)15/h2-5,11-12,16,18H,6-10H2,1H3. The Balaban J connectivity index is 2.14. The van der Waals surface area contributed by atoms with E-state index in [4.69, 9.17) is 5.11 Å². The van der Waals surface area contributed by atoms with Gasteiger partial charge in [0.2, 0.25) is 0 Å². The zero-order valence-electron chi connectivity index (χ0n) is 10.8. The molecular formula is C14H21BrN2O. The van der Waals surface area contributed by atoms with Crippen molar-refractivity contribution in [3.05, 3.63) is 28.7 Å². The lowest BCUT2D eigenvalue weighted by atomic mass is 10.2. The maximum Gasteiger partial charge on any atom is 0.0511 e. The zero-order chi connectivity index (χ0) is 13.0. The molecule has 2 atom stereocenters. The van der Waals surface area contributed by atoms with Crippen LogP contribution in [0, 0.1) is 0 Å². The van der Waals surface area contributed by atoms with Gasteiger partial charge in [0.15, 0.2) is 0 Å². The quantitative estimate of drug-likeness (QED) is 0.899. The van der Waals surface area contributed by atoms with Crippen molar-refractivity contribution in [2.24, 2.45) is 0 Å². The number of halogens is 1. The molecule has 0 saturated carbocycles. The molecule has 2 N–H and O–H groups in total. The van der Waals surface area contributed by atoms with Crippen molar-refractivity contribution >= 4 is 21.6 Å². The van der Waals surface area contributed by atoms with E-state index in [-0.39, 0.29) is 6.61 Å². The Hall–Kier alpha value is -0.580. The summed E-state index contributed by atoms with van der Waals surface area (Å²) in [6.07, 6.45) is 1.94. The van der Waals surface area contributed by atoms with Crippen molar-refractivity contribution in [3.63, 3.8) is 0 Å². The maximum atomic E-state index is 9.14. The molecule has 0 bridgehead atoms. The molecule has 4 heteroatoms. The van der Waals surface area contributed by atoms with Crippen LogP contribution in [-0.4, -0.2) is 36.9 Å². The SMILES string of the molecule is CC1CCN(c2ccccc2Br)CC(CCO)N1. The minimum absolute atomic E-state index is 0.244.